The van der Waals surface area contributed by atoms with Crippen molar-refractivity contribution in [3.8, 4) is 5.75 Å². The Morgan fingerprint density at radius 1 is 0.952 bits per heavy atom. The Morgan fingerprint density at radius 3 is 2.24 bits per heavy atom. The van der Waals surface area contributed by atoms with Gasteiger partial charge in [-0.25, -0.2) is 0 Å². The summed E-state index contributed by atoms with van der Waals surface area (Å²) in [6, 6.07) is 17.7. The Labute approximate surface area is 128 Å². The number of methoxy groups -OCH3 is 1. The van der Waals surface area contributed by atoms with Gasteiger partial charge in [-0.1, -0.05) is 43.3 Å². The molecule has 21 heavy (non-hydrogen) atoms. The van der Waals surface area contributed by atoms with Gasteiger partial charge in [0.15, 0.2) is 0 Å². The van der Waals surface area contributed by atoms with Gasteiger partial charge in [0.05, 0.1) is 7.11 Å². The Bertz CT molecular complexity index is 562. The van der Waals surface area contributed by atoms with Gasteiger partial charge in [0.1, 0.15) is 5.75 Å². The Morgan fingerprint density at radius 2 is 1.62 bits per heavy atom. The molecule has 0 aromatic heterocycles. The van der Waals surface area contributed by atoms with E-state index in [-0.39, 0.29) is 6.04 Å². The Balaban J connectivity index is 2.04. The predicted molar refractivity (Wildman–Crippen MR) is 88.8 cm³/mol. The minimum absolute atomic E-state index is 0.279. The van der Waals surface area contributed by atoms with E-state index < -0.39 is 0 Å². The lowest BCUT2D eigenvalue weighted by atomic mass is 10.0. The van der Waals surface area contributed by atoms with Gasteiger partial charge in [0.2, 0.25) is 0 Å². The molecule has 0 aliphatic rings. The summed E-state index contributed by atoms with van der Waals surface area (Å²) in [6.07, 6.45) is 1.09. The molecule has 2 aromatic rings. The van der Waals surface area contributed by atoms with E-state index in [2.05, 4.69) is 62.5 Å². The first-order valence-corrected chi connectivity index (χ1v) is 7.63. The van der Waals surface area contributed by atoms with Gasteiger partial charge in [0, 0.05) is 12.1 Å². The number of hydrogen-bond donors (Lipinski definition) is 1. The molecule has 0 radical (unpaired) electrons. The molecule has 2 atom stereocenters. The van der Waals surface area contributed by atoms with Crippen molar-refractivity contribution >= 4 is 0 Å². The van der Waals surface area contributed by atoms with Gasteiger partial charge < -0.3 is 10.1 Å². The Kier molecular flexibility index (Phi) is 5.40. The van der Waals surface area contributed by atoms with E-state index in [0.717, 1.165) is 12.2 Å². The smallest absolute Gasteiger partial charge is 0.119 e. The van der Waals surface area contributed by atoms with Crippen LogP contribution in [0.25, 0.3) is 0 Å². The maximum atomic E-state index is 5.29. The molecule has 2 rings (SSSR count). The number of aryl methyl sites for hydroxylation is 1. The number of benzene rings is 2. The van der Waals surface area contributed by atoms with E-state index >= 15 is 0 Å². The molecule has 0 aliphatic carbocycles. The molecule has 1 N–H and O–H groups in total. The maximum absolute atomic E-state index is 5.29. The van der Waals surface area contributed by atoms with Crippen LogP contribution in [0.4, 0.5) is 0 Å². The van der Waals surface area contributed by atoms with Crippen molar-refractivity contribution in [1.29, 1.82) is 0 Å². The molecule has 0 spiro atoms. The van der Waals surface area contributed by atoms with Crippen LogP contribution < -0.4 is 10.1 Å². The third kappa shape index (κ3) is 4.08. The van der Waals surface area contributed by atoms with Crippen molar-refractivity contribution in [1.82, 2.24) is 5.32 Å². The van der Waals surface area contributed by atoms with Crippen LogP contribution in [0.15, 0.2) is 48.5 Å². The van der Waals surface area contributed by atoms with E-state index in [9.17, 15) is 0 Å². The van der Waals surface area contributed by atoms with Crippen LogP contribution in [-0.2, 0) is 6.42 Å². The molecule has 112 valence electrons. The van der Waals surface area contributed by atoms with Crippen LogP contribution in [0.1, 0.15) is 49.5 Å². The van der Waals surface area contributed by atoms with E-state index in [4.69, 9.17) is 4.74 Å². The lowest BCUT2D eigenvalue weighted by Gasteiger charge is -2.21. The fourth-order valence-electron chi connectivity index (χ4n) is 2.52. The fourth-order valence-corrected chi connectivity index (χ4v) is 2.52. The first-order valence-electron chi connectivity index (χ1n) is 7.63. The van der Waals surface area contributed by atoms with E-state index in [0.29, 0.717) is 6.04 Å². The molecule has 0 saturated heterocycles. The lowest BCUT2D eigenvalue weighted by molar-refractivity contribution is 0.412. The summed E-state index contributed by atoms with van der Waals surface area (Å²) >= 11 is 0. The molecule has 0 heterocycles. The second kappa shape index (κ2) is 7.28. The van der Waals surface area contributed by atoms with Crippen LogP contribution in [0.5, 0.6) is 5.75 Å². The summed E-state index contributed by atoms with van der Waals surface area (Å²) in [5.74, 6) is 0.904. The average molecular weight is 283 g/mol. The quantitative estimate of drug-likeness (QED) is 0.832. The first-order chi connectivity index (χ1) is 10.1. The second-order valence-corrected chi connectivity index (χ2v) is 5.48. The molecular formula is C19H25NO. The normalized spacial score (nSPS) is 13.7. The summed E-state index contributed by atoms with van der Waals surface area (Å²) in [5.41, 5.74) is 3.94. The number of rotatable bonds is 6. The molecule has 2 aromatic carbocycles. The zero-order chi connectivity index (χ0) is 15.2. The van der Waals surface area contributed by atoms with Gasteiger partial charge in [-0.3, -0.25) is 0 Å². The fraction of sp³-hybridized carbons (Fsp3) is 0.368. The summed E-state index contributed by atoms with van der Waals surface area (Å²) in [5, 5.41) is 3.65. The van der Waals surface area contributed by atoms with Crippen molar-refractivity contribution in [2.45, 2.75) is 39.3 Å². The predicted octanol–water partition coefficient (Wildman–Crippen LogP) is 4.67. The number of ether oxygens (including phenoxy) is 1. The van der Waals surface area contributed by atoms with Crippen molar-refractivity contribution in [2.24, 2.45) is 0 Å². The molecule has 0 unspecified atom stereocenters. The van der Waals surface area contributed by atoms with Crippen molar-refractivity contribution < 1.29 is 4.74 Å². The third-order valence-corrected chi connectivity index (χ3v) is 3.98. The zero-order valence-electron chi connectivity index (χ0n) is 13.4. The second-order valence-electron chi connectivity index (χ2n) is 5.48. The van der Waals surface area contributed by atoms with Gasteiger partial charge in [-0.05, 0) is 49.1 Å². The van der Waals surface area contributed by atoms with Crippen LogP contribution in [0.3, 0.4) is 0 Å². The van der Waals surface area contributed by atoms with Crippen LogP contribution >= 0.6 is 0 Å². The van der Waals surface area contributed by atoms with Crippen LogP contribution in [-0.4, -0.2) is 7.11 Å². The monoisotopic (exact) mass is 283 g/mol. The zero-order valence-corrected chi connectivity index (χ0v) is 13.4. The van der Waals surface area contributed by atoms with E-state index in [1.54, 1.807) is 7.11 Å². The minimum Gasteiger partial charge on any atom is -0.497 e. The first kappa shape index (κ1) is 15.6. The van der Waals surface area contributed by atoms with Crippen molar-refractivity contribution in [2.75, 3.05) is 7.11 Å². The molecule has 0 amide bonds. The summed E-state index contributed by atoms with van der Waals surface area (Å²) in [4.78, 5) is 0. The van der Waals surface area contributed by atoms with E-state index in [1.807, 2.05) is 12.1 Å². The topological polar surface area (TPSA) is 21.3 Å². The molecule has 0 aliphatic heterocycles. The largest absolute Gasteiger partial charge is 0.497 e. The van der Waals surface area contributed by atoms with Gasteiger partial charge in [-0.2, -0.15) is 0 Å². The van der Waals surface area contributed by atoms with E-state index in [1.165, 1.54) is 16.7 Å². The molecule has 0 saturated carbocycles. The van der Waals surface area contributed by atoms with Crippen LogP contribution in [0.2, 0.25) is 0 Å². The highest BCUT2D eigenvalue weighted by Gasteiger charge is 2.11. The van der Waals surface area contributed by atoms with Gasteiger partial charge in [-0.15, -0.1) is 0 Å². The lowest BCUT2D eigenvalue weighted by Crippen LogP contribution is -2.22. The molecule has 0 bridgehead atoms. The highest BCUT2D eigenvalue weighted by atomic mass is 16.5. The highest BCUT2D eigenvalue weighted by Crippen LogP contribution is 2.22. The summed E-state index contributed by atoms with van der Waals surface area (Å²) in [7, 11) is 1.70. The average Bonchev–Trinajstić information content (AvgIpc) is 2.54. The molecule has 0 fully saturated rings. The Hall–Kier alpha value is -1.80. The molecule has 2 heteroatoms. The highest BCUT2D eigenvalue weighted by molar-refractivity contribution is 5.31. The van der Waals surface area contributed by atoms with Crippen LogP contribution in [0, 0.1) is 0 Å². The third-order valence-electron chi connectivity index (χ3n) is 3.98. The number of hydrogen-bond acceptors (Lipinski definition) is 2. The van der Waals surface area contributed by atoms with Gasteiger partial charge in [0.25, 0.3) is 0 Å². The standard InChI is InChI=1S/C19H25NO/c1-5-16-9-11-17(12-10-16)14(2)20-15(3)18-7-6-8-19(13-18)21-4/h6-15,20H,5H2,1-4H3/t14-,15-/m0/s1. The summed E-state index contributed by atoms with van der Waals surface area (Å²) < 4.78 is 5.29. The summed E-state index contributed by atoms with van der Waals surface area (Å²) in [6.45, 7) is 6.57. The van der Waals surface area contributed by atoms with Crippen molar-refractivity contribution in [3.63, 3.8) is 0 Å². The SMILES string of the molecule is CCc1ccc([C@H](C)N[C@@H](C)c2cccc(OC)c2)cc1. The van der Waals surface area contributed by atoms with Gasteiger partial charge >= 0.3 is 0 Å². The maximum Gasteiger partial charge on any atom is 0.119 e. The number of nitrogens with one attached hydrogen (secondary N) is 1. The molecule has 2 nitrogen and oxygen atoms in total. The molecular weight excluding hydrogens is 258 g/mol. The van der Waals surface area contributed by atoms with Crippen molar-refractivity contribution in [3.05, 3.63) is 65.2 Å². The minimum atomic E-state index is 0.279.